The van der Waals surface area contributed by atoms with Gasteiger partial charge in [0.15, 0.2) is 0 Å². The molecule has 0 unspecified atom stereocenters. The van der Waals surface area contributed by atoms with Crippen molar-refractivity contribution < 1.29 is 4.74 Å². The molecule has 1 aliphatic carbocycles. The summed E-state index contributed by atoms with van der Waals surface area (Å²) < 4.78 is 5.72. The van der Waals surface area contributed by atoms with Crippen molar-refractivity contribution in [1.82, 2.24) is 4.90 Å². The average molecular weight is 268 g/mol. The number of nitrogens with zero attached hydrogens (tertiary/aromatic N) is 1. The first-order valence-corrected chi connectivity index (χ1v) is 7.09. The van der Waals surface area contributed by atoms with Crippen LogP contribution in [0, 0.1) is 5.92 Å². The SMILES string of the molecule is CN(C)CCCc1ccc(OCC2CC2)c(Cl)c1. The van der Waals surface area contributed by atoms with Crippen LogP contribution in [-0.2, 0) is 6.42 Å². The molecule has 1 aromatic carbocycles. The lowest BCUT2D eigenvalue weighted by atomic mass is 10.1. The van der Waals surface area contributed by atoms with Gasteiger partial charge in [0.1, 0.15) is 5.75 Å². The summed E-state index contributed by atoms with van der Waals surface area (Å²) in [5.74, 6) is 1.60. The summed E-state index contributed by atoms with van der Waals surface area (Å²) in [6.07, 6.45) is 4.84. The number of benzene rings is 1. The summed E-state index contributed by atoms with van der Waals surface area (Å²) in [4.78, 5) is 2.20. The van der Waals surface area contributed by atoms with E-state index in [1.54, 1.807) is 0 Å². The summed E-state index contributed by atoms with van der Waals surface area (Å²) in [6, 6.07) is 6.18. The molecule has 1 fully saturated rings. The molecular formula is C15H22ClNO. The molecular weight excluding hydrogens is 246 g/mol. The summed E-state index contributed by atoms with van der Waals surface area (Å²) >= 11 is 6.24. The fourth-order valence-electron chi connectivity index (χ4n) is 1.91. The Hall–Kier alpha value is -0.730. The van der Waals surface area contributed by atoms with Crippen LogP contribution in [0.1, 0.15) is 24.8 Å². The molecule has 0 bridgehead atoms. The van der Waals surface area contributed by atoms with Crippen LogP contribution < -0.4 is 4.74 Å². The van der Waals surface area contributed by atoms with E-state index in [0.717, 1.165) is 42.7 Å². The van der Waals surface area contributed by atoms with E-state index in [4.69, 9.17) is 16.3 Å². The van der Waals surface area contributed by atoms with Crippen LogP contribution in [-0.4, -0.2) is 32.1 Å². The molecule has 1 aromatic rings. The second-order valence-electron chi connectivity index (χ2n) is 5.43. The predicted octanol–water partition coefficient (Wildman–Crippen LogP) is 3.62. The van der Waals surface area contributed by atoms with Crippen LogP contribution in [0.2, 0.25) is 5.02 Å². The Morgan fingerprint density at radius 3 is 2.72 bits per heavy atom. The molecule has 0 N–H and O–H groups in total. The lowest BCUT2D eigenvalue weighted by molar-refractivity contribution is 0.300. The molecule has 100 valence electrons. The van der Waals surface area contributed by atoms with Crippen LogP contribution in [0.4, 0.5) is 0 Å². The maximum Gasteiger partial charge on any atom is 0.137 e. The van der Waals surface area contributed by atoms with Gasteiger partial charge < -0.3 is 9.64 Å². The Kier molecular flexibility index (Phi) is 4.90. The summed E-state index contributed by atoms with van der Waals surface area (Å²) in [5.41, 5.74) is 1.29. The molecule has 0 radical (unpaired) electrons. The largest absolute Gasteiger partial charge is 0.492 e. The molecule has 0 aromatic heterocycles. The lowest BCUT2D eigenvalue weighted by Gasteiger charge is -2.11. The fraction of sp³-hybridized carbons (Fsp3) is 0.600. The van der Waals surface area contributed by atoms with Gasteiger partial charge in [-0.1, -0.05) is 17.7 Å². The number of hydrogen-bond donors (Lipinski definition) is 0. The van der Waals surface area contributed by atoms with E-state index in [1.807, 2.05) is 12.1 Å². The van der Waals surface area contributed by atoms with Crippen molar-refractivity contribution in [3.8, 4) is 5.75 Å². The zero-order chi connectivity index (χ0) is 13.0. The molecule has 0 atom stereocenters. The summed E-state index contributed by atoms with van der Waals surface area (Å²) in [7, 11) is 4.20. The Morgan fingerprint density at radius 2 is 2.11 bits per heavy atom. The van der Waals surface area contributed by atoms with Gasteiger partial charge in [-0.05, 0) is 69.9 Å². The highest BCUT2D eigenvalue weighted by atomic mass is 35.5. The van der Waals surface area contributed by atoms with Gasteiger partial charge in [0.25, 0.3) is 0 Å². The number of hydrogen-bond acceptors (Lipinski definition) is 2. The third kappa shape index (κ3) is 4.51. The third-order valence-corrected chi connectivity index (χ3v) is 3.53. The predicted molar refractivity (Wildman–Crippen MR) is 76.5 cm³/mol. The number of rotatable bonds is 7. The molecule has 0 heterocycles. The van der Waals surface area contributed by atoms with E-state index >= 15 is 0 Å². The Balaban J connectivity index is 1.83. The Labute approximate surface area is 115 Å². The van der Waals surface area contributed by atoms with E-state index in [2.05, 4.69) is 25.1 Å². The van der Waals surface area contributed by atoms with Crippen molar-refractivity contribution in [3.05, 3.63) is 28.8 Å². The highest BCUT2D eigenvalue weighted by molar-refractivity contribution is 6.32. The van der Waals surface area contributed by atoms with Crippen molar-refractivity contribution in [2.75, 3.05) is 27.2 Å². The van der Waals surface area contributed by atoms with Gasteiger partial charge in [0.05, 0.1) is 11.6 Å². The Morgan fingerprint density at radius 1 is 1.33 bits per heavy atom. The zero-order valence-electron chi connectivity index (χ0n) is 11.3. The van der Waals surface area contributed by atoms with Crippen molar-refractivity contribution in [3.63, 3.8) is 0 Å². The molecule has 0 amide bonds. The van der Waals surface area contributed by atoms with E-state index in [0.29, 0.717) is 0 Å². The molecule has 0 spiro atoms. The fourth-order valence-corrected chi connectivity index (χ4v) is 2.17. The van der Waals surface area contributed by atoms with Crippen molar-refractivity contribution >= 4 is 11.6 Å². The minimum absolute atomic E-state index is 0.748. The minimum Gasteiger partial charge on any atom is -0.492 e. The first-order chi connectivity index (χ1) is 8.65. The molecule has 1 saturated carbocycles. The second-order valence-corrected chi connectivity index (χ2v) is 5.83. The highest BCUT2D eigenvalue weighted by Gasteiger charge is 2.22. The van der Waals surface area contributed by atoms with Crippen LogP contribution in [0.15, 0.2) is 18.2 Å². The van der Waals surface area contributed by atoms with E-state index < -0.39 is 0 Å². The normalized spacial score (nSPS) is 15.1. The molecule has 3 heteroatoms. The minimum atomic E-state index is 0.748. The number of aryl methyl sites for hydroxylation is 1. The van der Waals surface area contributed by atoms with Crippen LogP contribution in [0.25, 0.3) is 0 Å². The molecule has 18 heavy (non-hydrogen) atoms. The standard InChI is InChI=1S/C15H22ClNO/c1-17(2)9-3-4-12-7-8-15(14(16)10-12)18-11-13-5-6-13/h7-8,10,13H,3-6,9,11H2,1-2H3. The van der Waals surface area contributed by atoms with Crippen LogP contribution >= 0.6 is 11.6 Å². The van der Waals surface area contributed by atoms with Gasteiger partial charge in [-0.15, -0.1) is 0 Å². The van der Waals surface area contributed by atoms with E-state index in [1.165, 1.54) is 18.4 Å². The molecule has 2 nitrogen and oxygen atoms in total. The van der Waals surface area contributed by atoms with Gasteiger partial charge in [0, 0.05) is 0 Å². The molecule has 0 aliphatic heterocycles. The van der Waals surface area contributed by atoms with E-state index in [-0.39, 0.29) is 0 Å². The quantitative estimate of drug-likeness (QED) is 0.748. The van der Waals surface area contributed by atoms with Crippen LogP contribution in [0.3, 0.4) is 0 Å². The van der Waals surface area contributed by atoms with Crippen molar-refractivity contribution in [2.45, 2.75) is 25.7 Å². The van der Waals surface area contributed by atoms with Gasteiger partial charge >= 0.3 is 0 Å². The first-order valence-electron chi connectivity index (χ1n) is 6.71. The summed E-state index contributed by atoms with van der Waals surface area (Å²) in [5, 5.41) is 0.748. The first kappa shape index (κ1) is 13.7. The molecule has 0 saturated heterocycles. The lowest BCUT2D eigenvalue weighted by Crippen LogP contribution is -2.13. The molecule has 1 aliphatic rings. The van der Waals surface area contributed by atoms with Crippen molar-refractivity contribution in [1.29, 1.82) is 0 Å². The van der Waals surface area contributed by atoms with Gasteiger partial charge in [-0.3, -0.25) is 0 Å². The topological polar surface area (TPSA) is 12.5 Å². The maximum absolute atomic E-state index is 6.24. The highest BCUT2D eigenvalue weighted by Crippen LogP contribution is 2.32. The Bertz CT molecular complexity index is 388. The van der Waals surface area contributed by atoms with Gasteiger partial charge in [-0.25, -0.2) is 0 Å². The van der Waals surface area contributed by atoms with Crippen molar-refractivity contribution in [2.24, 2.45) is 5.92 Å². The van der Waals surface area contributed by atoms with E-state index in [9.17, 15) is 0 Å². The van der Waals surface area contributed by atoms with Crippen LogP contribution in [0.5, 0.6) is 5.75 Å². The third-order valence-electron chi connectivity index (χ3n) is 3.24. The maximum atomic E-state index is 6.24. The second kappa shape index (κ2) is 6.44. The number of ether oxygens (including phenoxy) is 1. The smallest absolute Gasteiger partial charge is 0.137 e. The monoisotopic (exact) mass is 267 g/mol. The zero-order valence-corrected chi connectivity index (χ0v) is 12.0. The average Bonchev–Trinajstić information content (AvgIpc) is 3.11. The van der Waals surface area contributed by atoms with Gasteiger partial charge in [-0.2, -0.15) is 0 Å². The molecule has 2 rings (SSSR count). The van der Waals surface area contributed by atoms with Gasteiger partial charge in [0.2, 0.25) is 0 Å². The summed E-state index contributed by atoms with van der Waals surface area (Å²) in [6.45, 7) is 1.93. The number of halogens is 1.